The Morgan fingerprint density at radius 1 is 1.21 bits per heavy atom. The summed E-state index contributed by atoms with van der Waals surface area (Å²) in [6, 6.07) is 4.54. The highest BCUT2D eigenvalue weighted by atomic mass is 32.2. The van der Waals surface area contributed by atoms with Crippen LogP contribution in [0.2, 0.25) is 0 Å². The number of nitrogens with one attached hydrogen (secondary N) is 1. The molecule has 0 fully saturated rings. The Labute approximate surface area is 137 Å². The monoisotopic (exact) mass is 358 g/mol. The lowest BCUT2D eigenvalue weighted by atomic mass is 9.77. The van der Waals surface area contributed by atoms with Crippen molar-refractivity contribution in [3.05, 3.63) is 53.7 Å². The number of halogens is 4. The molecule has 0 amide bonds. The Morgan fingerprint density at radius 2 is 1.92 bits per heavy atom. The van der Waals surface area contributed by atoms with Crippen LogP contribution in [0.4, 0.5) is 17.6 Å². The predicted molar refractivity (Wildman–Crippen MR) is 83.0 cm³/mol. The van der Waals surface area contributed by atoms with Crippen LogP contribution in [0.5, 0.6) is 0 Å². The van der Waals surface area contributed by atoms with Crippen LogP contribution in [0.15, 0.2) is 36.7 Å². The highest BCUT2D eigenvalue weighted by Crippen LogP contribution is 2.29. The van der Waals surface area contributed by atoms with E-state index in [1.54, 1.807) is 0 Å². The average molecular weight is 358 g/mol. The van der Waals surface area contributed by atoms with Crippen molar-refractivity contribution in [2.75, 3.05) is 5.65 Å². The maximum absolute atomic E-state index is 12.8. The fraction of sp³-hybridized carbons (Fsp3) is 0.286. The van der Waals surface area contributed by atoms with Gasteiger partial charge in [-0.05, 0) is 36.3 Å². The van der Waals surface area contributed by atoms with Gasteiger partial charge in [0.2, 0.25) is 0 Å². The Balaban J connectivity index is 2.09. The lowest BCUT2D eigenvalue weighted by molar-refractivity contribution is -0.141. The third-order valence-electron chi connectivity index (χ3n) is 3.41. The number of hydrogen-bond acceptors (Lipinski definition) is 4. The minimum Gasteiger partial charge on any atom is -0.269 e. The van der Waals surface area contributed by atoms with E-state index in [2.05, 4.69) is 9.97 Å². The summed E-state index contributed by atoms with van der Waals surface area (Å²) in [5, 5.41) is -0.816. The average Bonchev–Trinajstić information content (AvgIpc) is 2.53. The molecular formula is C14H13BF4N3OS. The summed E-state index contributed by atoms with van der Waals surface area (Å²) in [6.45, 7) is 1.49. The molecule has 2 aromatic rings. The van der Waals surface area contributed by atoms with Crippen LogP contribution < -0.4 is 5.59 Å². The molecule has 127 valence electrons. The standard InChI is InChI=1S/C14H13BF4N3OS/c1-9(10-2-4-12(21-6-10)14(17,18)19)24(20,23)8-15-13-5-3-11(16)7-22-13/h2-7,9,20H,8H2,1H3. The van der Waals surface area contributed by atoms with E-state index in [-0.39, 0.29) is 11.2 Å². The number of alkyl halides is 3. The van der Waals surface area contributed by atoms with Crippen molar-refractivity contribution in [3.8, 4) is 0 Å². The van der Waals surface area contributed by atoms with Crippen molar-refractivity contribution in [1.82, 2.24) is 9.97 Å². The molecule has 2 aromatic heterocycles. The molecule has 0 saturated heterocycles. The fourth-order valence-corrected chi connectivity index (χ4v) is 3.18. The van der Waals surface area contributed by atoms with E-state index >= 15 is 0 Å². The molecule has 24 heavy (non-hydrogen) atoms. The minimum atomic E-state index is -4.55. The number of nitrogens with zero attached hydrogens (tertiary/aromatic N) is 2. The maximum Gasteiger partial charge on any atom is 0.433 e. The Bertz CT molecular complexity index is 792. The predicted octanol–water partition coefficient (Wildman–Crippen LogP) is 2.73. The molecule has 0 aromatic carbocycles. The first-order chi connectivity index (χ1) is 11.1. The van der Waals surface area contributed by atoms with E-state index in [1.807, 2.05) is 0 Å². The van der Waals surface area contributed by atoms with Gasteiger partial charge in [-0.15, -0.1) is 0 Å². The third-order valence-corrected chi connectivity index (χ3v) is 5.48. The molecule has 2 rings (SSSR count). The highest BCUT2D eigenvalue weighted by Gasteiger charge is 2.32. The van der Waals surface area contributed by atoms with E-state index in [1.165, 1.54) is 32.4 Å². The molecule has 1 N–H and O–H groups in total. The molecule has 0 aliphatic carbocycles. The van der Waals surface area contributed by atoms with Gasteiger partial charge in [-0.25, -0.2) is 4.39 Å². The summed E-state index contributed by atoms with van der Waals surface area (Å²) in [4.78, 5) is 7.09. The SMILES string of the molecule is CC(c1ccc(C(F)(F)F)nc1)S(=N)(=O)C[B]c1ccc(F)cn1. The van der Waals surface area contributed by atoms with Crippen molar-refractivity contribution in [2.45, 2.75) is 18.3 Å². The van der Waals surface area contributed by atoms with Gasteiger partial charge in [0, 0.05) is 21.6 Å². The summed E-state index contributed by atoms with van der Waals surface area (Å²) in [6.07, 6.45) is -2.56. The molecule has 0 spiro atoms. The zero-order valence-corrected chi connectivity index (χ0v) is 13.4. The van der Waals surface area contributed by atoms with Gasteiger partial charge in [0.05, 0.1) is 11.4 Å². The maximum atomic E-state index is 12.8. The summed E-state index contributed by atoms with van der Waals surface area (Å²) in [5.74, 6) is -0.511. The lowest BCUT2D eigenvalue weighted by Crippen LogP contribution is -2.27. The first-order valence-electron chi connectivity index (χ1n) is 6.83. The highest BCUT2D eigenvalue weighted by molar-refractivity contribution is 7.93. The molecule has 0 aliphatic heterocycles. The van der Waals surface area contributed by atoms with Crippen LogP contribution in [0.3, 0.4) is 0 Å². The van der Waals surface area contributed by atoms with Gasteiger partial charge in [0.1, 0.15) is 11.5 Å². The summed E-state index contributed by atoms with van der Waals surface area (Å²) < 4.78 is 70.7. The van der Waals surface area contributed by atoms with Crippen LogP contribution >= 0.6 is 0 Å². The molecular weight excluding hydrogens is 345 g/mol. The molecule has 4 nitrogen and oxygen atoms in total. The van der Waals surface area contributed by atoms with Gasteiger partial charge in [0.15, 0.2) is 7.28 Å². The minimum absolute atomic E-state index is 0.159. The van der Waals surface area contributed by atoms with E-state index in [0.717, 1.165) is 18.5 Å². The molecule has 0 saturated carbocycles. The summed E-state index contributed by atoms with van der Waals surface area (Å²) in [7, 11) is -1.75. The second-order valence-corrected chi connectivity index (χ2v) is 7.61. The van der Waals surface area contributed by atoms with Crippen molar-refractivity contribution in [3.63, 3.8) is 0 Å². The van der Waals surface area contributed by atoms with Crippen LogP contribution in [-0.2, 0) is 15.9 Å². The first kappa shape index (κ1) is 18.4. The van der Waals surface area contributed by atoms with Gasteiger partial charge in [-0.3, -0.25) is 19.0 Å². The van der Waals surface area contributed by atoms with Crippen molar-refractivity contribution in [1.29, 1.82) is 4.78 Å². The van der Waals surface area contributed by atoms with E-state index < -0.39 is 32.7 Å². The molecule has 0 bridgehead atoms. The van der Waals surface area contributed by atoms with Crippen LogP contribution in [0.1, 0.15) is 23.4 Å². The quantitative estimate of drug-likeness (QED) is 0.660. The zero-order chi connectivity index (χ0) is 18.0. The van der Waals surface area contributed by atoms with E-state index in [0.29, 0.717) is 5.59 Å². The van der Waals surface area contributed by atoms with Gasteiger partial charge in [-0.1, -0.05) is 6.07 Å². The number of aromatic nitrogens is 2. The van der Waals surface area contributed by atoms with Crippen molar-refractivity contribution < 1.29 is 21.8 Å². The Kier molecular flexibility index (Phi) is 5.27. The second kappa shape index (κ2) is 6.88. The van der Waals surface area contributed by atoms with Crippen molar-refractivity contribution >= 4 is 22.6 Å². The molecule has 10 heteroatoms. The summed E-state index contributed by atoms with van der Waals surface area (Å²) in [5.41, 5.74) is -0.553. The normalized spacial score (nSPS) is 15.5. The smallest absolute Gasteiger partial charge is 0.269 e. The first-order valence-corrected chi connectivity index (χ1v) is 8.62. The topological polar surface area (TPSA) is 66.7 Å². The van der Waals surface area contributed by atoms with E-state index in [4.69, 9.17) is 4.78 Å². The fourth-order valence-electron chi connectivity index (χ4n) is 1.89. The number of rotatable bonds is 5. The number of pyridine rings is 2. The van der Waals surface area contributed by atoms with Gasteiger partial charge >= 0.3 is 6.18 Å². The van der Waals surface area contributed by atoms with Gasteiger partial charge in [-0.2, -0.15) is 13.2 Å². The van der Waals surface area contributed by atoms with E-state index in [9.17, 15) is 21.8 Å². The van der Waals surface area contributed by atoms with Crippen LogP contribution in [0, 0.1) is 10.6 Å². The van der Waals surface area contributed by atoms with Gasteiger partial charge in [0.25, 0.3) is 0 Å². The molecule has 2 heterocycles. The third kappa shape index (κ3) is 4.53. The Morgan fingerprint density at radius 3 is 2.42 bits per heavy atom. The Hall–Kier alpha value is -1.97. The molecule has 1 radical (unpaired) electrons. The summed E-state index contributed by atoms with van der Waals surface area (Å²) >= 11 is 0. The van der Waals surface area contributed by atoms with Gasteiger partial charge < -0.3 is 0 Å². The molecule has 0 aliphatic rings. The van der Waals surface area contributed by atoms with Crippen LogP contribution in [0.25, 0.3) is 0 Å². The van der Waals surface area contributed by atoms with Crippen molar-refractivity contribution in [2.24, 2.45) is 0 Å². The second-order valence-electron chi connectivity index (χ2n) is 5.12. The lowest BCUT2D eigenvalue weighted by Gasteiger charge is -2.16. The molecule has 2 atom stereocenters. The zero-order valence-electron chi connectivity index (χ0n) is 12.5. The molecule has 2 unspecified atom stereocenters. The largest absolute Gasteiger partial charge is 0.433 e. The van der Waals surface area contributed by atoms with Crippen LogP contribution in [-0.4, -0.2) is 27.1 Å². The number of hydrogen-bond donors (Lipinski definition) is 1.